The molecule has 136 valence electrons. The largest absolute Gasteiger partial charge is 0.385 e. The van der Waals surface area contributed by atoms with Crippen LogP contribution in [-0.2, 0) is 5.60 Å². The van der Waals surface area contributed by atoms with Crippen molar-refractivity contribution in [2.45, 2.75) is 50.7 Å². The molecule has 2 fully saturated rings. The third kappa shape index (κ3) is 2.90. The molecule has 1 aliphatic carbocycles. The fourth-order valence-corrected chi connectivity index (χ4v) is 4.67. The highest BCUT2D eigenvalue weighted by atomic mass is 16.3. The summed E-state index contributed by atoms with van der Waals surface area (Å²) in [5, 5.41) is 11.6. The number of piperidine rings is 1. The summed E-state index contributed by atoms with van der Waals surface area (Å²) in [4.78, 5) is 23.5. The lowest BCUT2D eigenvalue weighted by molar-refractivity contribution is -0.110. The summed E-state index contributed by atoms with van der Waals surface area (Å²) in [6.45, 7) is 2.40. The smallest absolute Gasteiger partial charge is 0.274 e. The van der Waals surface area contributed by atoms with E-state index in [9.17, 15) is 9.90 Å². The number of hydrogen-bond donors (Lipinski definition) is 1. The summed E-state index contributed by atoms with van der Waals surface area (Å²) in [6.07, 6.45) is 7.83. The number of nitrogens with zero attached hydrogens (tertiary/aromatic N) is 3. The number of carbonyl (C=O) groups is 1. The highest BCUT2D eigenvalue weighted by Crippen LogP contribution is 2.47. The number of fused-ring (bicyclic) bond motifs is 1. The van der Waals surface area contributed by atoms with Gasteiger partial charge in [-0.2, -0.15) is 0 Å². The van der Waals surface area contributed by atoms with Crippen molar-refractivity contribution < 1.29 is 9.90 Å². The first-order valence-electron chi connectivity index (χ1n) is 9.47. The van der Waals surface area contributed by atoms with Gasteiger partial charge in [-0.1, -0.05) is 43.2 Å². The Kier molecular flexibility index (Phi) is 4.49. The van der Waals surface area contributed by atoms with Crippen molar-refractivity contribution in [3.05, 3.63) is 59.7 Å². The van der Waals surface area contributed by atoms with Crippen LogP contribution in [0.25, 0.3) is 0 Å². The van der Waals surface area contributed by atoms with Crippen molar-refractivity contribution >= 4 is 5.91 Å². The maximum absolute atomic E-state index is 13.1. The molecule has 0 radical (unpaired) electrons. The molecule has 1 aliphatic heterocycles. The maximum atomic E-state index is 13.1. The van der Waals surface area contributed by atoms with Crippen LogP contribution >= 0.6 is 0 Å². The van der Waals surface area contributed by atoms with Crippen molar-refractivity contribution in [2.75, 3.05) is 6.54 Å². The van der Waals surface area contributed by atoms with Gasteiger partial charge in [-0.25, -0.2) is 4.98 Å². The SMILES string of the molecule is Cc1cnc(C(=O)N2CCC(O)(c3ccccc3)[C@@H]3CCCC[C@@H]32)cn1. The summed E-state index contributed by atoms with van der Waals surface area (Å²) in [7, 11) is 0. The number of aryl methyl sites for hydroxylation is 1. The van der Waals surface area contributed by atoms with Gasteiger partial charge in [0, 0.05) is 24.7 Å². The predicted octanol–water partition coefficient (Wildman–Crippen LogP) is 3.08. The standard InChI is InChI=1S/C21H25N3O2/c1-15-13-23-18(14-22-15)20(25)24-12-11-21(26,16-7-3-2-4-8-16)17-9-5-6-10-19(17)24/h2-4,7-8,13-14,17,19,26H,5-6,9-12H2,1H3/t17-,19+,21?/m1/s1. The fraction of sp³-hybridized carbons (Fsp3) is 0.476. The van der Waals surface area contributed by atoms with Crippen LogP contribution in [0.5, 0.6) is 0 Å². The van der Waals surface area contributed by atoms with Gasteiger partial charge in [-0.05, 0) is 31.7 Å². The first-order valence-corrected chi connectivity index (χ1v) is 9.47. The number of amides is 1. The monoisotopic (exact) mass is 351 g/mol. The van der Waals surface area contributed by atoms with E-state index in [1.165, 1.54) is 0 Å². The molecule has 1 amide bonds. The van der Waals surface area contributed by atoms with E-state index in [2.05, 4.69) is 9.97 Å². The Morgan fingerprint density at radius 2 is 1.92 bits per heavy atom. The second kappa shape index (κ2) is 6.80. The summed E-state index contributed by atoms with van der Waals surface area (Å²) in [5.74, 6) is -0.000677. The predicted molar refractivity (Wildman–Crippen MR) is 98.5 cm³/mol. The molecular weight excluding hydrogens is 326 g/mol. The lowest BCUT2D eigenvalue weighted by Gasteiger charge is -2.52. The van der Waals surface area contributed by atoms with E-state index in [4.69, 9.17) is 0 Å². The van der Waals surface area contributed by atoms with Crippen LogP contribution in [0, 0.1) is 12.8 Å². The minimum atomic E-state index is -0.859. The summed E-state index contributed by atoms with van der Waals surface area (Å²) in [6, 6.07) is 10.00. The highest BCUT2D eigenvalue weighted by molar-refractivity contribution is 5.92. The van der Waals surface area contributed by atoms with Gasteiger partial charge < -0.3 is 10.0 Å². The number of aromatic nitrogens is 2. The van der Waals surface area contributed by atoms with Crippen LogP contribution in [0.15, 0.2) is 42.7 Å². The van der Waals surface area contributed by atoms with Crippen LogP contribution in [0.4, 0.5) is 0 Å². The van der Waals surface area contributed by atoms with Crippen molar-refractivity contribution in [1.82, 2.24) is 14.9 Å². The first-order chi connectivity index (χ1) is 12.6. The Morgan fingerprint density at radius 3 is 2.65 bits per heavy atom. The van der Waals surface area contributed by atoms with Gasteiger partial charge in [-0.15, -0.1) is 0 Å². The quantitative estimate of drug-likeness (QED) is 0.903. The van der Waals surface area contributed by atoms with Gasteiger partial charge in [-0.3, -0.25) is 9.78 Å². The van der Waals surface area contributed by atoms with Crippen molar-refractivity contribution in [3.63, 3.8) is 0 Å². The molecule has 1 aromatic carbocycles. The Bertz CT molecular complexity index is 778. The van der Waals surface area contributed by atoms with Crippen molar-refractivity contribution in [1.29, 1.82) is 0 Å². The maximum Gasteiger partial charge on any atom is 0.274 e. The van der Waals surface area contributed by atoms with E-state index in [1.807, 2.05) is 42.2 Å². The minimum Gasteiger partial charge on any atom is -0.385 e. The molecule has 1 unspecified atom stereocenters. The molecule has 5 heteroatoms. The molecule has 2 heterocycles. The number of carbonyl (C=O) groups excluding carboxylic acids is 1. The molecule has 0 bridgehead atoms. The third-order valence-corrected chi connectivity index (χ3v) is 6.01. The van der Waals surface area contributed by atoms with Crippen LogP contribution < -0.4 is 0 Å². The third-order valence-electron chi connectivity index (χ3n) is 6.01. The number of benzene rings is 1. The fourth-order valence-electron chi connectivity index (χ4n) is 4.67. The molecule has 2 aromatic rings. The van der Waals surface area contributed by atoms with E-state index in [-0.39, 0.29) is 17.9 Å². The number of hydrogen-bond acceptors (Lipinski definition) is 4. The first kappa shape index (κ1) is 17.2. The lowest BCUT2D eigenvalue weighted by Crippen LogP contribution is -2.59. The molecule has 5 nitrogen and oxygen atoms in total. The highest BCUT2D eigenvalue weighted by Gasteiger charge is 2.50. The van der Waals surface area contributed by atoms with Gasteiger partial charge in [0.15, 0.2) is 0 Å². The van der Waals surface area contributed by atoms with Gasteiger partial charge in [0.2, 0.25) is 0 Å². The number of rotatable bonds is 2. The topological polar surface area (TPSA) is 66.3 Å². The van der Waals surface area contributed by atoms with Crippen LogP contribution in [-0.4, -0.2) is 38.5 Å². The summed E-state index contributed by atoms with van der Waals surface area (Å²) in [5.41, 5.74) is 1.31. The summed E-state index contributed by atoms with van der Waals surface area (Å²) >= 11 is 0. The van der Waals surface area contributed by atoms with Crippen molar-refractivity contribution in [3.8, 4) is 0 Å². The van der Waals surface area contributed by atoms with Gasteiger partial charge in [0.05, 0.1) is 17.5 Å². The molecule has 1 saturated heterocycles. The normalized spacial score (nSPS) is 28.5. The van der Waals surface area contributed by atoms with E-state index >= 15 is 0 Å². The van der Waals surface area contributed by atoms with Gasteiger partial charge in [0.25, 0.3) is 5.91 Å². The molecular formula is C21H25N3O2. The van der Waals surface area contributed by atoms with E-state index in [0.717, 1.165) is 36.9 Å². The second-order valence-corrected chi connectivity index (χ2v) is 7.54. The molecule has 0 spiro atoms. The Balaban J connectivity index is 1.64. The molecule has 1 saturated carbocycles. The Hall–Kier alpha value is -2.27. The molecule has 2 aliphatic rings. The van der Waals surface area contributed by atoms with E-state index in [0.29, 0.717) is 18.7 Å². The Morgan fingerprint density at radius 1 is 1.15 bits per heavy atom. The zero-order chi connectivity index (χ0) is 18.1. The van der Waals surface area contributed by atoms with Crippen LogP contribution in [0.2, 0.25) is 0 Å². The van der Waals surface area contributed by atoms with Crippen LogP contribution in [0.3, 0.4) is 0 Å². The zero-order valence-electron chi connectivity index (χ0n) is 15.1. The summed E-state index contributed by atoms with van der Waals surface area (Å²) < 4.78 is 0. The minimum absolute atomic E-state index is 0.0540. The number of likely N-dealkylation sites (tertiary alicyclic amines) is 1. The average molecular weight is 351 g/mol. The molecule has 1 aromatic heterocycles. The van der Waals surface area contributed by atoms with Gasteiger partial charge >= 0.3 is 0 Å². The molecule has 3 atom stereocenters. The molecule has 26 heavy (non-hydrogen) atoms. The second-order valence-electron chi connectivity index (χ2n) is 7.54. The Labute approximate surface area is 154 Å². The molecule has 1 N–H and O–H groups in total. The van der Waals surface area contributed by atoms with E-state index < -0.39 is 5.60 Å². The molecule has 4 rings (SSSR count). The lowest BCUT2D eigenvalue weighted by atomic mass is 9.66. The van der Waals surface area contributed by atoms with E-state index in [1.54, 1.807) is 12.4 Å². The van der Waals surface area contributed by atoms with Crippen molar-refractivity contribution in [2.24, 2.45) is 5.92 Å². The average Bonchev–Trinajstić information content (AvgIpc) is 2.69. The van der Waals surface area contributed by atoms with Crippen LogP contribution in [0.1, 0.15) is 53.8 Å². The van der Waals surface area contributed by atoms with Gasteiger partial charge in [0.1, 0.15) is 5.69 Å². The number of aliphatic hydroxyl groups is 1. The zero-order valence-corrected chi connectivity index (χ0v) is 15.1.